The van der Waals surface area contributed by atoms with Gasteiger partial charge in [-0.1, -0.05) is 32.4 Å². The van der Waals surface area contributed by atoms with Crippen molar-refractivity contribution in [1.82, 2.24) is 0 Å². The highest BCUT2D eigenvalue weighted by molar-refractivity contribution is 6.30. The molecule has 1 aromatic carbocycles. The van der Waals surface area contributed by atoms with E-state index in [2.05, 4.69) is 4.99 Å². The average molecular weight is 229 g/mol. The smallest absolute Gasteiger partial charge is 0.143 e. The first-order valence-electron chi connectivity index (χ1n) is 4.60. The molecule has 0 radical (unpaired) electrons. The third-order valence-corrected chi connectivity index (χ3v) is 2.23. The highest BCUT2D eigenvalue weighted by Gasteiger charge is 2.15. The summed E-state index contributed by atoms with van der Waals surface area (Å²) in [6.07, 6.45) is 0. The van der Waals surface area contributed by atoms with Gasteiger partial charge in [-0.15, -0.1) is 0 Å². The minimum atomic E-state index is -0.486. The van der Waals surface area contributed by atoms with Crippen LogP contribution in [0.5, 0.6) is 0 Å². The maximum Gasteiger partial charge on any atom is 0.143 e. The SMILES string of the molecule is CC(C)(C)C(N)=Nc1ccc(Cl)c(F)c1. The fraction of sp³-hybridized carbons (Fsp3) is 0.364. The number of rotatable bonds is 1. The molecule has 0 heterocycles. The van der Waals surface area contributed by atoms with Crippen LogP contribution in [0.3, 0.4) is 0 Å². The Kier molecular flexibility index (Phi) is 3.35. The van der Waals surface area contributed by atoms with Crippen LogP contribution in [0.15, 0.2) is 23.2 Å². The van der Waals surface area contributed by atoms with Gasteiger partial charge in [-0.25, -0.2) is 9.38 Å². The predicted octanol–water partition coefficient (Wildman–Crippen LogP) is 3.51. The summed E-state index contributed by atoms with van der Waals surface area (Å²) >= 11 is 5.55. The third-order valence-electron chi connectivity index (χ3n) is 1.92. The normalized spacial score (nSPS) is 13.0. The molecule has 2 N–H and O–H groups in total. The van der Waals surface area contributed by atoms with Crippen LogP contribution in [0.1, 0.15) is 20.8 Å². The molecule has 0 aromatic heterocycles. The zero-order valence-electron chi connectivity index (χ0n) is 9.01. The van der Waals surface area contributed by atoms with Crippen molar-refractivity contribution in [2.45, 2.75) is 20.8 Å². The summed E-state index contributed by atoms with van der Waals surface area (Å²) in [5, 5.41) is 0.0864. The van der Waals surface area contributed by atoms with Crippen LogP contribution in [0.4, 0.5) is 10.1 Å². The topological polar surface area (TPSA) is 38.4 Å². The number of nitrogens with zero attached hydrogens (tertiary/aromatic N) is 1. The van der Waals surface area contributed by atoms with Crippen molar-refractivity contribution in [3.05, 3.63) is 29.0 Å². The van der Waals surface area contributed by atoms with Gasteiger partial charge in [0.15, 0.2) is 0 Å². The van der Waals surface area contributed by atoms with Gasteiger partial charge in [-0.05, 0) is 12.1 Å². The Morgan fingerprint density at radius 3 is 2.47 bits per heavy atom. The number of aliphatic imine (C=N–C) groups is 1. The Morgan fingerprint density at radius 2 is 2.00 bits per heavy atom. The Balaban J connectivity index is 3.04. The quantitative estimate of drug-likeness (QED) is 0.580. The number of halogens is 2. The predicted molar refractivity (Wildman–Crippen MR) is 62.1 cm³/mol. The van der Waals surface area contributed by atoms with E-state index in [1.54, 1.807) is 6.07 Å². The average Bonchev–Trinajstić information content (AvgIpc) is 2.10. The molecule has 0 amide bonds. The van der Waals surface area contributed by atoms with Crippen molar-refractivity contribution >= 4 is 23.1 Å². The fourth-order valence-electron chi connectivity index (χ4n) is 0.861. The maximum absolute atomic E-state index is 13.1. The molecule has 0 aliphatic heterocycles. The van der Waals surface area contributed by atoms with Gasteiger partial charge in [0.05, 0.1) is 10.7 Å². The maximum atomic E-state index is 13.1. The monoisotopic (exact) mass is 228 g/mol. The van der Waals surface area contributed by atoms with Crippen molar-refractivity contribution in [2.75, 3.05) is 0 Å². The Bertz CT molecular complexity index is 394. The summed E-state index contributed by atoms with van der Waals surface area (Å²) in [4.78, 5) is 4.13. The zero-order chi connectivity index (χ0) is 11.6. The molecule has 0 saturated carbocycles. The summed E-state index contributed by atoms with van der Waals surface area (Å²) in [5.41, 5.74) is 6.02. The molecule has 1 aromatic rings. The van der Waals surface area contributed by atoms with Gasteiger partial charge in [-0.3, -0.25) is 0 Å². The molecule has 0 fully saturated rings. The summed E-state index contributed by atoms with van der Waals surface area (Å²) in [6.45, 7) is 5.83. The first-order valence-corrected chi connectivity index (χ1v) is 4.98. The van der Waals surface area contributed by atoms with E-state index in [1.165, 1.54) is 12.1 Å². The highest BCUT2D eigenvalue weighted by atomic mass is 35.5. The highest BCUT2D eigenvalue weighted by Crippen LogP contribution is 2.23. The third kappa shape index (κ3) is 3.20. The minimum Gasteiger partial charge on any atom is -0.387 e. The first-order chi connectivity index (χ1) is 6.80. The Hall–Kier alpha value is -1.09. The van der Waals surface area contributed by atoms with Crippen molar-refractivity contribution < 1.29 is 4.39 Å². The van der Waals surface area contributed by atoms with E-state index >= 15 is 0 Å². The Labute approximate surface area is 94.0 Å². The van der Waals surface area contributed by atoms with Gasteiger partial charge in [-0.2, -0.15) is 0 Å². The summed E-state index contributed by atoms with van der Waals surface area (Å²) in [5.74, 6) is -0.0242. The van der Waals surface area contributed by atoms with Crippen LogP contribution in [-0.2, 0) is 0 Å². The van der Waals surface area contributed by atoms with E-state index in [4.69, 9.17) is 17.3 Å². The molecule has 0 unspecified atom stereocenters. The van der Waals surface area contributed by atoms with Crippen molar-refractivity contribution in [3.63, 3.8) is 0 Å². The lowest BCUT2D eigenvalue weighted by Gasteiger charge is -2.17. The molecule has 4 heteroatoms. The largest absolute Gasteiger partial charge is 0.387 e. The van der Waals surface area contributed by atoms with Crippen molar-refractivity contribution in [2.24, 2.45) is 16.1 Å². The van der Waals surface area contributed by atoms with Crippen LogP contribution in [0, 0.1) is 11.2 Å². The van der Waals surface area contributed by atoms with Crippen LogP contribution < -0.4 is 5.73 Å². The van der Waals surface area contributed by atoms with Crippen LogP contribution in [0.2, 0.25) is 5.02 Å². The molecule has 0 spiro atoms. The van der Waals surface area contributed by atoms with E-state index in [-0.39, 0.29) is 10.4 Å². The number of hydrogen-bond acceptors (Lipinski definition) is 1. The van der Waals surface area contributed by atoms with Crippen LogP contribution >= 0.6 is 11.6 Å². The van der Waals surface area contributed by atoms with Crippen molar-refractivity contribution in [1.29, 1.82) is 0 Å². The number of nitrogens with two attached hydrogens (primary N) is 1. The number of hydrogen-bond donors (Lipinski definition) is 1. The summed E-state index contributed by atoms with van der Waals surface area (Å²) < 4.78 is 13.1. The van der Waals surface area contributed by atoms with E-state index in [9.17, 15) is 4.39 Å². The second-order valence-corrected chi connectivity index (χ2v) is 4.75. The van der Waals surface area contributed by atoms with E-state index in [0.717, 1.165) is 0 Å². The van der Waals surface area contributed by atoms with Gasteiger partial charge in [0.1, 0.15) is 11.7 Å². The lowest BCUT2D eigenvalue weighted by Crippen LogP contribution is -2.28. The molecular weight excluding hydrogens is 215 g/mol. The first kappa shape index (κ1) is 12.0. The second-order valence-electron chi connectivity index (χ2n) is 4.35. The van der Waals surface area contributed by atoms with Crippen molar-refractivity contribution in [3.8, 4) is 0 Å². The van der Waals surface area contributed by atoms with Crippen LogP contribution in [-0.4, -0.2) is 5.84 Å². The van der Waals surface area contributed by atoms with Gasteiger partial charge in [0.25, 0.3) is 0 Å². The summed E-state index contributed by atoms with van der Waals surface area (Å²) in [6, 6.07) is 4.36. The molecule has 0 saturated heterocycles. The molecule has 0 aliphatic carbocycles. The molecular formula is C11H14ClFN2. The summed E-state index contributed by atoms with van der Waals surface area (Å²) in [7, 11) is 0. The van der Waals surface area contributed by atoms with Crippen LogP contribution in [0.25, 0.3) is 0 Å². The molecule has 82 valence electrons. The standard InChI is InChI=1S/C11H14ClFN2/c1-11(2,3)10(14)15-7-4-5-8(12)9(13)6-7/h4-6H,1-3H3,(H2,14,15). The molecule has 15 heavy (non-hydrogen) atoms. The van der Waals surface area contributed by atoms with Gasteiger partial charge >= 0.3 is 0 Å². The fourth-order valence-corrected chi connectivity index (χ4v) is 0.979. The van der Waals surface area contributed by atoms with Gasteiger partial charge in [0.2, 0.25) is 0 Å². The lowest BCUT2D eigenvalue weighted by molar-refractivity contribution is 0.585. The molecule has 0 bridgehead atoms. The second kappa shape index (κ2) is 4.19. The molecule has 0 aliphatic rings. The molecule has 1 rings (SSSR count). The molecule has 2 nitrogen and oxygen atoms in total. The van der Waals surface area contributed by atoms with E-state index < -0.39 is 5.82 Å². The zero-order valence-corrected chi connectivity index (χ0v) is 9.77. The molecule has 0 atom stereocenters. The van der Waals surface area contributed by atoms with E-state index in [0.29, 0.717) is 11.5 Å². The van der Waals surface area contributed by atoms with Gasteiger partial charge in [0, 0.05) is 11.5 Å². The Morgan fingerprint density at radius 1 is 1.40 bits per heavy atom. The number of benzene rings is 1. The lowest BCUT2D eigenvalue weighted by atomic mass is 9.95. The van der Waals surface area contributed by atoms with E-state index in [1.807, 2.05) is 20.8 Å². The number of amidine groups is 1. The van der Waals surface area contributed by atoms with Gasteiger partial charge < -0.3 is 5.73 Å². The minimum absolute atomic E-state index is 0.0864.